The van der Waals surface area contributed by atoms with Crippen LogP contribution >= 0.6 is 11.8 Å². The number of amides is 1. The van der Waals surface area contributed by atoms with E-state index >= 15 is 0 Å². The van der Waals surface area contributed by atoms with Crippen molar-refractivity contribution >= 4 is 23.6 Å². The van der Waals surface area contributed by atoms with Gasteiger partial charge in [0, 0.05) is 7.05 Å². The van der Waals surface area contributed by atoms with Crippen LogP contribution in [-0.2, 0) is 14.3 Å². The average Bonchev–Trinajstić information content (AvgIpc) is 2.69. The number of rotatable bonds is 4. The zero-order chi connectivity index (χ0) is 11.3. The van der Waals surface area contributed by atoms with Gasteiger partial charge >= 0.3 is 5.97 Å². The van der Waals surface area contributed by atoms with Gasteiger partial charge in [0.1, 0.15) is 6.54 Å². The topological polar surface area (TPSA) is 46.6 Å². The fourth-order valence-electron chi connectivity index (χ4n) is 1.50. The van der Waals surface area contributed by atoms with Crippen molar-refractivity contribution in [2.45, 2.75) is 25.0 Å². The van der Waals surface area contributed by atoms with E-state index < -0.39 is 0 Å². The van der Waals surface area contributed by atoms with Crippen molar-refractivity contribution in [3.05, 3.63) is 0 Å². The minimum absolute atomic E-state index is 0.0458. The largest absolute Gasteiger partial charge is 0.465 e. The third-order valence-electron chi connectivity index (χ3n) is 2.25. The van der Waals surface area contributed by atoms with Crippen LogP contribution in [0, 0.1) is 0 Å². The van der Waals surface area contributed by atoms with Gasteiger partial charge in [-0.3, -0.25) is 9.59 Å². The number of hydrogen-bond acceptors (Lipinski definition) is 4. The number of ether oxygens (including phenoxy) is 1. The van der Waals surface area contributed by atoms with Crippen LogP contribution < -0.4 is 0 Å². The Morgan fingerprint density at radius 2 is 2.27 bits per heavy atom. The zero-order valence-electron chi connectivity index (χ0n) is 9.19. The molecule has 0 spiro atoms. The second kappa shape index (κ2) is 6.00. The molecule has 86 valence electrons. The molecule has 1 amide bonds. The molecule has 1 unspecified atom stereocenters. The normalized spacial score (nSPS) is 20.0. The van der Waals surface area contributed by atoms with Gasteiger partial charge in [0.25, 0.3) is 0 Å². The quantitative estimate of drug-likeness (QED) is 0.675. The summed E-state index contributed by atoms with van der Waals surface area (Å²) < 4.78 is 4.79. The first kappa shape index (κ1) is 12.4. The molecule has 1 aliphatic heterocycles. The Labute approximate surface area is 94.3 Å². The molecule has 0 bridgehead atoms. The molecule has 1 atom stereocenters. The van der Waals surface area contributed by atoms with Crippen molar-refractivity contribution in [3.63, 3.8) is 0 Å². The lowest BCUT2D eigenvalue weighted by molar-refractivity contribution is -0.147. The van der Waals surface area contributed by atoms with Crippen molar-refractivity contribution < 1.29 is 14.3 Å². The van der Waals surface area contributed by atoms with Crippen LogP contribution in [0.3, 0.4) is 0 Å². The van der Waals surface area contributed by atoms with E-state index in [1.807, 2.05) is 0 Å². The van der Waals surface area contributed by atoms with E-state index in [1.165, 1.54) is 4.90 Å². The summed E-state index contributed by atoms with van der Waals surface area (Å²) in [5.74, 6) is 0.755. The summed E-state index contributed by atoms with van der Waals surface area (Å²) in [5.41, 5.74) is 0. The van der Waals surface area contributed by atoms with Gasteiger partial charge < -0.3 is 9.64 Å². The molecular formula is C10H17NO3S. The first-order valence-corrected chi connectivity index (χ1v) is 6.22. The smallest absolute Gasteiger partial charge is 0.325 e. The van der Waals surface area contributed by atoms with Crippen LogP contribution in [0.2, 0.25) is 0 Å². The van der Waals surface area contributed by atoms with E-state index in [0.717, 1.165) is 18.6 Å². The number of carbonyl (C=O) groups is 2. The maximum atomic E-state index is 11.8. The van der Waals surface area contributed by atoms with Crippen molar-refractivity contribution in [1.82, 2.24) is 4.90 Å². The van der Waals surface area contributed by atoms with E-state index in [0.29, 0.717) is 6.61 Å². The molecule has 1 heterocycles. The van der Waals surface area contributed by atoms with E-state index in [-0.39, 0.29) is 23.7 Å². The zero-order valence-corrected chi connectivity index (χ0v) is 10.0. The van der Waals surface area contributed by atoms with Crippen LogP contribution in [0.25, 0.3) is 0 Å². The Hall–Kier alpha value is -0.710. The molecule has 4 nitrogen and oxygen atoms in total. The molecule has 1 saturated heterocycles. The molecule has 1 rings (SSSR count). The van der Waals surface area contributed by atoms with Gasteiger partial charge in [0.15, 0.2) is 0 Å². The minimum Gasteiger partial charge on any atom is -0.465 e. The molecule has 1 fully saturated rings. The molecule has 0 saturated carbocycles. The summed E-state index contributed by atoms with van der Waals surface area (Å²) in [5, 5.41) is 0.0458. The number of hydrogen-bond donors (Lipinski definition) is 0. The molecule has 0 aromatic carbocycles. The molecule has 0 aromatic rings. The van der Waals surface area contributed by atoms with Crippen LogP contribution in [0.1, 0.15) is 19.8 Å². The summed E-state index contributed by atoms with van der Waals surface area (Å²) in [4.78, 5) is 24.4. The summed E-state index contributed by atoms with van der Waals surface area (Å²) in [6.07, 6.45) is 2.02. The number of esters is 1. The summed E-state index contributed by atoms with van der Waals surface area (Å²) in [6, 6.07) is 0. The second-order valence-corrected chi connectivity index (χ2v) is 4.81. The molecule has 5 heteroatoms. The Morgan fingerprint density at radius 3 is 2.80 bits per heavy atom. The van der Waals surface area contributed by atoms with Crippen molar-refractivity contribution in [2.24, 2.45) is 0 Å². The van der Waals surface area contributed by atoms with Gasteiger partial charge in [-0.2, -0.15) is 0 Å². The number of nitrogens with zero attached hydrogens (tertiary/aromatic N) is 1. The first-order chi connectivity index (χ1) is 7.15. The molecular weight excluding hydrogens is 214 g/mol. The highest BCUT2D eigenvalue weighted by molar-refractivity contribution is 8.00. The third kappa shape index (κ3) is 3.74. The van der Waals surface area contributed by atoms with Crippen molar-refractivity contribution in [2.75, 3.05) is 26.0 Å². The Kier molecular flexibility index (Phi) is 4.94. The summed E-state index contributed by atoms with van der Waals surface area (Å²) in [7, 11) is 1.65. The number of likely N-dealkylation sites (N-methyl/N-ethyl adjacent to an activating group) is 1. The van der Waals surface area contributed by atoms with E-state index in [1.54, 1.807) is 25.7 Å². The Morgan fingerprint density at radius 1 is 1.53 bits per heavy atom. The van der Waals surface area contributed by atoms with Crippen molar-refractivity contribution in [3.8, 4) is 0 Å². The monoisotopic (exact) mass is 231 g/mol. The number of carbonyl (C=O) groups excluding carboxylic acids is 2. The van der Waals surface area contributed by atoms with Crippen LogP contribution in [-0.4, -0.2) is 48.0 Å². The SMILES string of the molecule is CCOC(=O)CN(C)C(=O)C1CCCS1. The Balaban J connectivity index is 2.35. The lowest BCUT2D eigenvalue weighted by Crippen LogP contribution is -2.37. The van der Waals surface area contributed by atoms with Gasteiger partial charge in [-0.15, -0.1) is 11.8 Å². The van der Waals surface area contributed by atoms with Gasteiger partial charge in [0.2, 0.25) is 5.91 Å². The van der Waals surface area contributed by atoms with Gasteiger partial charge in [-0.05, 0) is 25.5 Å². The van der Waals surface area contributed by atoms with Crippen molar-refractivity contribution in [1.29, 1.82) is 0 Å². The predicted octanol–water partition coefficient (Wildman–Crippen LogP) is 0.903. The van der Waals surface area contributed by atoms with Gasteiger partial charge in [-0.25, -0.2) is 0 Å². The van der Waals surface area contributed by atoms with E-state index in [4.69, 9.17) is 4.74 Å². The average molecular weight is 231 g/mol. The fraction of sp³-hybridized carbons (Fsp3) is 0.800. The lowest BCUT2D eigenvalue weighted by atomic mass is 10.2. The highest BCUT2D eigenvalue weighted by Crippen LogP contribution is 2.27. The maximum Gasteiger partial charge on any atom is 0.325 e. The molecule has 1 aliphatic rings. The standard InChI is InChI=1S/C10H17NO3S/c1-3-14-9(12)7-11(2)10(13)8-5-4-6-15-8/h8H,3-7H2,1-2H3. The fourth-order valence-corrected chi connectivity index (χ4v) is 2.77. The van der Waals surface area contributed by atoms with E-state index in [2.05, 4.69) is 0 Å². The van der Waals surface area contributed by atoms with Gasteiger partial charge in [-0.1, -0.05) is 0 Å². The predicted molar refractivity (Wildman–Crippen MR) is 59.8 cm³/mol. The second-order valence-electron chi connectivity index (χ2n) is 3.50. The highest BCUT2D eigenvalue weighted by atomic mass is 32.2. The Bertz CT molecular complexity index is 239. The lowest BCUT2D eigenvalue weighted by Gasteiger charge is -2.19. The van der Waals surface area contributed by atoms with Gasteiger partial charge in [0.05, 0.1) is 11.9 Å². The van der Waals surface area contributed by atoms with Crippen LogP contribution in [0.15, 0.2) is 0 Å². The molecule has 15 heavy (non-hydrogen) atoms. The van der Waals surface area contributed by atoms with Crippen LogP contribution in [0.5, 0.6) is 0 Å². The molecule has 0 radical (unpaired) electrons. The number of thioether (sulfide) groups is 1. The molecule has 0 aromatic heterocycles. The third-order valence-corrected chi connectivity index (χ3v) is 3.62. The summed E-state index contributed by atoms with van der Waals surface area (Å²) >= 11 is 1.68. The maximum absolute atomic E-state index is 11.8. The summed E-state index contributed by atoms with van der Waals surface area (Å²) in [6.45, 7) is 2.18. The molecule has 0 N–H and O–H groups in total. The van der Waals surface area contributed by atoms with E-state index in [9.17, 15) is 9.59 Å². The minimum atomic E-state index is -0.337. The first-order valence-electron chi connectivity index (χ1n) is 5.17. The van der Waals surface area contributed by atoms with Crippen LogP contribution in [0.4, 0.5) is 0 Å². The highest BCUT2D eigenvalue weighted by Gasteiger charge is 2.27. The molecule has 0 aliphatic carbocycles.